The number of nitriles is 1. The van der Waals surface area contributed by atoms with Crippen molar-refractivity contribution in [2.75, 3.05) is 25.1 Å². The Hall–Kier alpha value is -2.85. The Labute approximate surface area is 146 Å². The van der Waals surface area contributed by atoms with Crippen LogP contribution in [0.2, 0.25) is 0 Å². The van der Waals surface area contributed by atoms with Gasteiger partial charge >= 0.3 is 5.97 Å². The molecule has 2 rings (SSSR count). The monoisotopic (exact) mass is 343 g/mol. The minimum atomic E-state index is -0.678. The third-order valence-electron chi connectivity index (χ3n) is 3.66. The molecule has 1 fully saturated rings. The van der Waals surface area contributed by atoms with Crippen molar-refractivity contribution in [1.29, 1.82) is 5.26 Å². The number of ether oxygens (including phenoxy) is 2. The van der Waals surface area contributed by atoms with Crippen molar-refractivity contribution in [3.8, 4) is 6.07 Å². The first-order valence-corrected chi connectivity index (χ1v) is 8.17. The van der Waals surface area contributed by atoms with Gasteiger partial charge in [0.1, 0.15) is 6.07 Å². The lowest BCUT2D eigenvalue weighted by Gasteiger charge is -2.11. The Bertz CT molecular complexity index is 671. The van der Waals surface area contributed by atoms with Crippen LogP contribution in [0.4, 0.5) is 5.69 Å². The van der Waals surface area contributed by atoms with Gasteiger partial charge in [0.05, 0.1) is 12.7 Å². The summed E-state index contributed by atoms with van der Waals surface area (Å²) in [4.78, 5) is 23.6. The number of esters is 1. The molecule has 0 bridgehead atoms. The zero-order valence-corrected chi connectivity index (χ0v) is 14.1. The van der Waals surface area contributed by atoms with Gasteiger partial charge in [-0.15, -0.1) is 0 Å². The zero-order valence-electron chi connectivity index (χ0n) is 14.1. The third-order valence-corrected chi connectivity index (χ3v) is 3.66. The molecule has 1 saturated heterocycles. The highest BCUT2D eigenvalue weighted by molar-refractivity contribution is 5.95. The van der Waals surface area contributed by atoms with Gasteiger partial charge in [0.25, 0.3) is 5.91 Å². The fourth-order valence-corrected chi connectivity index (χ4v) is 2.33. The van der Waals surface area contributed by atoms with Gasteiger partial charge in [-0.1, -0.05) is 0 Å². The molecule has 1 amide bonds. The molecule has 1 unspecified atom stereocenters. The Kier molecular flexibility index (Phi) is 6.99. The zero-order chi connectivity index (χ0) is 18.1. The molecule has 132 valence electrons. The lowest BCUT2D eigenvalue weighted by atomic mass is 10.2. The normalized spacial score (nSPS) is 16.8. The number of anilines is 1. The molecule has 25 heavy (non-hydrogen) atoms. The van der Waals surface area contributed by atoms with Crippen LogP contribution in [0.15, 0.2) is 36.0 Å². The summed E-state index contributed by atoms with van der Waals surface area (Å²) in [5, 5.41) is 14.6. The van der Waals surface area contributed by atoms with E-state index < -0.39 is 5.97 Å². The van der Waals surface area contributed by atoms with Gasteiger partial charge in [-0.3, -0.25) is 4.79 Å². The standard InChI is InChI=1S/C18H21N3O4/c1-2-24-18(23)14(10-19)11-20-15-7-5-13(6-8-15)17(22)21-12-16-4-3-9-25-16/h5-8,11,16,20H,2-4,9,12H2,1H3,(H,21,22)/b14-11-. The lowest BCUT2D eigenvalue weighted by molar-refractivity contribution is -0.138. The highest BCUT2D eigenvalue weighted by Crippen LogP contribution is 2.12. The fourth-order valence-electron chi connectivity index (χ4n) is 2.33. The minimum absolute atomic E-state index is 0.0994. The predicted molar refractivity (Wildman–Crippen MR) is 91.7 cm³/mol. The maximum absolute atomic E-state index is 12.1. The number of amides is 1. The molecule has 0 aromatic heterocycles. The maximum atomic E-state index is 12.1. The molecular weight excluding hydrogens is 322 g/mol. The molecule has 1 heterocycles. The number of carbonyl (C=O) groups is 2. The number of hydrogen-bond acceptors (Lipinski definition) is 6. The minimum Gasteiger partial charge on any atom is -0.462 e. The molecule has 0 saturated carbocycles. The van der Waals surface area contributed by atoms with E-state index in [2.05, 4.69) is 10.6 Å². The fraction of sp³-hybridized carbons (Fsp3) is 0.389. The van der Waals surface area contributed by atoms with Crippen molar-refractivity contribution in [3.05, 3.63) is 41.6 Å². The van der Waals surface area contributed by atoms with Crippen LogP contribution in [0.25, 0.3) is 0 Å². The summed E-state index contributed by atoms with van der Waals surface area (Å²) in [6, 6.07) is 8.49. The molecule has 0 radical (unpaired) electrons. The van der Waals surface area contributed by atoms with Crippen molar-refractivity contribution in [2.45, 2.75) is 25.9 Å². The van der Waals surface area contributed by atoms with Crippen LogP contribution in [-0.4, -0.2) is 37.7 Å². The maximum Gasteiger partial charge on any atom is 0.350 e. The molecule has 7 heteroatoms. The van der Waals surface area contributed by atoms with Gasteiger partial charge in [0, 0.05) is 30.6 Å². The predicted octanol–water partition coefficient (Wildman–Crippen LogP) is 1.98. The molecule has 1 atom stereocenters. The Morgan fingerprint density at radius 3 is 2.76 bits per heavy atom. The molecular formula is C18H21N3O4. The van der Waals surface area contributed by atoms with Crippen LogP contribution in [0.3, 0.4) is 0 Å². The molecule has 1 aromatic rings. The van der Waals surface area contributed by atoms with E-state index in [1.165, 1.54) is 6.20 Å². The molecule has 0 aliphatic carbocycles. The van der Waals surface area contributed by atoms with E-state index in [0.717, 1.165) is 19.4 Å². The summed E-state index contributed by atoms with van der Waals surface area (Å²) in [5.41, 5.74) is 1.05. The van der Waals surface area contributed by atoms with E-state index in [1.54, 1.807) is 37.3 Å². The second-order valence-electron chi connectivity index (χ2n) is 5.46. The smallest absolute Gasteiger partial charge is 0.350 e. The first-order valence-electron chi connectivity index (χ1n) is 8.17. The van der Waals surface area contributed by atoms with Crippen LogP contribution in [0, 0.1) is 11.3 Å². The molecule has 1 aromatic carbocycles. The lowest BCUT2D eigenvalue weighted by Crippen LogP contribution is -2.31. The van der Waals surface area contributed by atoms with Crippen molar-refractivity contribution in [2.24, 2.45) is 0 Å². The number of nitrogens with zero attached hydrogens (tertiary/aromatic N) is 1. The second-order valence-corrected chi connectivity index (χ2v) is 5.46. The van der Waals surface area contributed by atoms with Crippen LogP contribution in [0.1, 0.15) is 30.1 Å². The van der Waals surface area contributed by atoms with Gasteiger partial charge in [-0.05, 0) is 44.0 Å². The average Bonchev–Trinajstić information content (AvgIpc) is 3.14. The highest BCUT2D eigenvalue weighted by atomic mass is 16.5. The van der Waals surface area contributed by atoms with Gasteiger partial charge in [0.15, 0.2) is 5.57 Å². The summed E-state index contributed by atoms with van der Waals surface area (Å²) < 4.78 is 10.2. The SMILES string of the molecule is CCOC(=O)/C(C#N)=C\Nc1ccc(C(=O)NCC2CCCO2)cc1. The van der Waals surface area contributed by atoms with Crippen LogP contribution in [0.5, 0.6) is 0 Å². The highest BCUT2D eigenvalue weighted by Gasteiger charge is 2.16. The van der Waals surface area contributed by atoms with E-state index in [1.807, 2.05) is 0 Å². The van der Waals surface area contributed by atoms with Crippen LogP contribution < -0.4 is 10.6 Å². The topological polar surface area (TPSA) is 100 Å². The van der Waals surface area contributed by atoms with Gasteiger partial charge < -0.3 is 20.1 Å². The molecule has 1 aliphatic heterocycles. The summed E-state index contributed by atoms with van der Waals surface area (Å²) in [7, 11) is 0. The Morgan fingerprint density at radius 2 is 2.16 bits per heavy atom. The van der Waals surface area contributed by atoms with E-state index in [-0.39, 0.29) is 24.2 Å². The van der Waals surface area contributed by atoms with Gasteiger partial charge in [-0.25, -0.2) is 4.79 Å². The Morgan fingerprint density at radius 1 is 1.40 bits per heavy atom. The Balaban J connectivity index is 1.89. The van der Waals surface area contributed by atoms with E-state index in [4.69, 9.17) is 14.7 Å². The molecule has 7 nitrogen and oxygen atoms in total. The molecule has 1 aliphatic rings. The number of rotatable bonds is 7. The van der Waals surface area contributed by atoms with Gasteiger partial charge in [0.2, 0.25) is 0 Å². The van der Waals surface area contributed by atoms with E-state index in [0.29, 0.717) is 17.8 Å². The van der Waals surface area contributed by atoms with Crippen LogP contribution >= 0.6 is 0 Å². The number of nitrogens with one attached hydrogen (secondary N) is 2. The third kappa shape index (κ3) is 5.62. The first kappa shape index (κ1) is 18.5. The van der Waals surface area contributed by atoms with Crippen molar-refractivity contribution >= 4 is 17.6 Å². The summed E-state index contributed by atoms with van der Waals surface area (Å²) in [6.45, 7) is 3.13. The van der Waals surface area contributed by atoms with E-state index in [9.17, 15) is 9.59 Å². The largest absolute Gasteiger partial charge is 0.462 e. The molecule has 2 N–H and O–H groups in total. The summed E-state index contributed by atoms with van der Waals surface area (Å²) in [5.74, 6) is -0.843. The molecule has 0 spiro atoms. The number of benzene rings is 1. The van der Waals surface area contributed by atoms with Gasteiger partial charge in [-0.2, -0.15) is 5.26 Å². The quantitative estimate of drug-likeness (QED) is 0.446. The van der Waals surface area contributed by atoms with Crippen LogP contribution in [-0.2, 0) is 14.3 Å². The first-order chi connectivity index (χ1) is 12.1. The number of carbonyl (C=O) groups excluding carboxylic acids is 2. The average molecular weight is 343 g/mol. The van der Waals surface area contributed by atoms with E-state index >= 15 is 0 Å². The second kappa shape index (κ2) is 9.45. The summed E-state index contributed by atoms with van der Waals surface area (Å²) in [6.07, 6.45) is 3.38. The van der Waals surface area contributed by atoms with Crippen molar-refractivity contribution < 1.29 is 19.1 Å². The number of hydrogen-bond donors (Lipinski definition) is 2. The summed E-state index contributed by atoms with van der Waals surface area (Å²) >= 11 is 0. The van der Waals surface area contributed by atoms with Crippen molar-refractivity contribution in [1.82, 2.24) is 5.32 Å². The van der Waals surface area contributed by atoms with Crippen molar-refractivity contribution in [3.63, 3.8) is 0 Å².